The van der Waals surface area contributed by atoms with Crippen LogP contribution in [0.25, 0.3) is 0 Å². The standard InChI is InChI=1S/C12H14N2O2/c1-13-8-10-4-2-6-12(14-10)16-9-11-5-3-7-15-11/h2-7,13H,8-9H2,1H3. The number of hydrogen-bond donors (Lipinski definition) is 1. The van der Waals surface area contributed by atoms with Crippen LogP contribution in [0.3, 0.4) is 0 Å². The molecule has 0 bridgehead atoms. The minimum atomic E-state index is 0.406. The van der Waals surface area contributed by atoms with Gasteiger partial charge in [-0.15, -0.1) is 0 Å². The summed E-state index contributed by atoms with van der Waals surface area (Å²) in [4.78, 5) is 4.34. The minimum Gasteiger partial charge on any atom is -0.469 e. The molecule has 16 heavy (non-hydrogen) atoms. The maximum atomic E-state index is 5.50. The highest BCUT2D eigenvalue weighted by molar-refractivity contribution is 5.16. The van der Waals surface area contributed by atoms with Gasteiger partial charge in [0.05, 0.1) is 12.0 Å². The average Bonchev–Trinajstić information content (AvgIpc) is 2.80. The Morgan fingerprint density at radius 1 is 1.31 bits per heavy atom. The van der Waals surface area contributed by atoms with Gasteiger partial charge in [0.2, 0.25) is 5.88 Å². The molecule has 0 aliphatic carbocycles. The summed E-state index contributed by atoms with van der Waals surface area (Å²) in [5.74, 6) is 1.41. The second-order valence-electron chi connectivity index (χ2n) is 3.37. The fourth-order valence-electron chi connectivity index (χ4n) is 1.36. The highest BCUT2D eigenvalue weighted by Crippen LogP contribution is 2.10. The molecule has 0 saturated carbocycles. The van der Waals surface area contributed by atoms with E-state index in [-0.39, 0.29) is 0 Å². The van der Waals surface area contributed by atoms with Crippen LogP contribution in [0.15, 0.2) is 41.0 Å². The van der Waals surface area contributed by atoms with Gasteiger partial charge in [-0.05, 0) is 25.2 Å². The van der Waals surface area contributed by atoms with Gasteiger partial charge in [-0.1, -0.05) is 6.07 Å². The Labute approximate surface area is 94.3 Å². The Hall–Kier alpha value is -1.81. The van der Waals surface area contributed by atoms with Crippen molar-refractivity contribution in [2.24, 2.45) is 0 Å². The van der Waals surface area contributed by atoms with Crippen molar-refractivity contribution in [2.75, 3.05) is 7.05 Å². The third-order valence-electron chi connectivity index (χ3n) is 2.08. The fraction of sp³-hybridized carbons (Fsp3) is 0.250. The number of furan rings is 1. The molecule has 0 saturated heterocycles. The number of nitrogens with zero attached hydrogens (tertiary/aromatic N) is 1. The molecule has 0 amide bonds. The highest BCUT2D eigenvalue weighted by atomic mass is 16.5. The molecule has 0 spiro atoms. The van der Waals surface area contributed by atoms with E-state index >= 15 is 0 Å². The monoisotopic (exact) mass is 218 g/mol. The number of rotatable bonds is 5. The van der Waals surface area contributed by atoms with E-state index in [4.69, 9.17) is 9.15 Å². The number of hydrogen-bond acceptors (Lipinski definition) is 4. The smallest absolute Gasteiger partial charge is 0.213 e. The normalized spacial score (nSPS) is 10.3. The fourth-order valence-corrected chi connectivity index (χ4v) is 1.36. The Morgan fingerprint density at radius 2 is 2.25 bits per heavy atom. The third kappa shape index (κ3) is 2.84. The Kier molecular flexibility index (Phi) is 3.56. The predicted molar refractivity (Wildman–Crippen MR) is 60.0 cm³/mol. The van der Waals surface area contributed by atoms with Gasteiger partial charge in [0.15, 0.2) is 0 Å². The molecule has 2 aromatic rings. The van der Waals surface area contributed by atoms with E-state index in [1.807, 2.05) is 37.4 Å². The van der Waals surface area contributed by atoms with Crippen molar-refractivity contribution in [2.45, 2.75) is 13.2 Å². The van der Waals surface area contributed by atoms with Crippen molar-refractivity contribution in [1.82, 2.24) is 10.3 Å². The van der Waals surface area contributed by atoms with Gasteiger partial charge in [0.1, 0.15) is 12.4 Å². The van der Waals surface area contributed by atoms with Crippen LogP contribution in [-0.2, 0) is 13.2 Å². The lowest BCUT2D eigenvalue weighted by molar-refractivity contribution is 0.260. The molecule has 2 rings (SSSR count). The van der Waals surface area contributed by atoms with E-state index in [1.54, 1.807) is 6.26 Å². The van der Waals surface area contributed by atoms with Crippen LogP contribution in [0, 0.1) is 0 Å². The van der Waals surface area contributed by atoms with Crippen LogP contribution in [0.5, 0.6) is 5.88 Å². The molecule has 2 aromatic heterocycles. The van der Waals surface area contributed by atoms with Gasteiger partial charge >= 0.3 is 0 Å². The van der Waals surface area contributed by atoms with Crippen LogP contribution in [-0.4, -0.2) is 12.0 Å². The van der Waals surface area contributed by atoms with Crippen LogP contribution < -0.4 is 10.1 Å². The van der Waals surface area contributed by atoms with Gasteiger partial charge in [0, 0.05) is 12.6 Å². The van der Waals surface area contributed by atoms with Crippen LogP contribution in [0.4, 0.5) is 0 Å². The second-order valence-corrected chi connectivity index (χ2v) is 3.37. The van der Waals surface area contributed by atoms with Crippen molar-refractivity contribution in [3.05, 3.63) is 48.0 Å². The molecular formula is C12H14N2O2. The Balaban J connectivity index is 1.96. The maximum Gasteiger partial charge on any atom is 0.213 e. The topological polar surface area (TPSA) is 47.3 Å². The van der Waals surface area contributed by atoms with Crippen LogP contribution in [0.2, 0.25) is 0 Å². The zero-order valence-electron chi connectivity index (χ0n) is 9.14. The first kappa shape index (κ1) is 10.7. The van der Waals surface area contributed by atoms with E-state index in [0.717, 1.165) is 18.0 Å². The molecule has 0 atom stereocenters. The molecule has 1 N–H and O–H groups in total. The lowest BCUT2D eigenvalue weighted by Gasteiger charge is -2.05. The molecule has 2 heterocycles. The maximum absolute atomic E-state index is 5.50. The summed E-state index contributed by atoms with van der Waals surface area (Å²) in [6.45, 7) is 1.14. The van der Waals surface area contributed by atoms with E-state index in [9.17, 15) is 0 Å². The highest BCUT2D eigenvalue weighted by Gasteiger charge is 2.00. The summed E-state index contributed by atoms with van der Waals surface area (Å²) >= 11 is 0. The molecule has 4 nitrogen and oxygen atoms in total. The van der Waals surface area contributed by atoms with Crippen LogP contribution >= 0.6 is 0 Å². The zero-order valence-corrected chi connectivity index (χ0v) is 9.14. The van der Waals surface area contributed by atoms with Gasteiger partial charge in [-0.3, -0.25) is 0 Å². The molecule has 0 aliphatic heterocycles. The summed E-state index contributed by atoms with van der Waals surface area (Å²) in [6.07, 6.45) is 1.63. The predicted octanol–water partition coefficient (Wildman–Crippen LogP) is 1.97. The molecule has 0 fully saturated rings. The van der Waals surface area contributed by atoms with Crippen molar-refractivity contribution in [3.63, 3.8) is 0 Å². The first-order valence-electron chi connectivity index (χ1n) is 5.14. The molecule has 4 heteroatoms. The number of ether oxygens (including phenoxy) is 1. The SMILES string of the molecule is CNCc1cccc(OCc2ccco2)n1. The molecule has 0 unspecified atom stereocenters. The second kappa shape index (κ2) is 5.32. The van der Waals surface area contributed by atoms with Gasteiger partial charge in [-0.25, -0.2) is 4.98 Å². The molecule has 84 valence electrons. The quantitative estimate of drug-likeness (QED) is 0.833. The van der Waals surface area contributed by atoms with Gasteiger partial charge < -0.3 is 14.5 Å². The van der Waals surface area contributed by atoms with Gasteiger partial charge in [0.25, 0.3) is 0 Å². The van der Waals surface area contributed by atoms with Crippen molar-refractivity contribution < 1.29 is 9.15 Å². The number of pyridine rings is 1. The molecule has 0 radical (unpaired) electrons. The Bertz CT molecular complexity index is 426. The lowest BCUT2D eigenvalue weighted by atomic mass is 10.3. The first-order chi connectivity index (χ1) is 7.88. The van der Waals surface area contributed by atoms with Crippen molar-refractivity contribution in [1.29, 1.82) is 0 Å². The lowest BCUT2D eigenvalue weighted by Crippen LogP contribution is -2.07. The number of nitrogens with one attached hydrogen (secondary N) is 1. The summed E-state index contributed by atoms with van der Waals surface area (Å²) < 4.78 is 10.7. The summed E-state index contributed by atoms with van der Waals surface area (Å²) in [5.41, 5.74) is 0.958. The van der Waals surface area contributed by atoms with E-state index < -0.39 is 0 Å². The third-order valence-corrected chi connectivity index (χ3v) is 2.08. The largest absolute Gasteiger partial charge is 0.469 e. The van der Waals surface area contributed by atoms with Gasteiger partial charge in [-0.2, -0.15) is 0 Å². The number of aromatic nitrogens is 1. The van der Waals surface area contributed by atoms with Crippen molar-refractivity contribution >= 4 is 0 Å². The molecule has 0 aromatic carbocycles. The van der Waals surface area contributed by atoms with Crippen molar-refractivity contribution in [3.8, 4) is 5.88 Å². The Morgan fingerprint density at radius 3 is 3.00 bits per heavy atom. The summed E-state index contributed by atoms with van der Waals surface area (Å²) in [6, 6.07) is 9.43. The minimum absolute atomic E-state index is 0.406. The van der Waals surface area contributed by atoms with E-state index in [2.05, 4.69) is 10.3 Å². The zero-order chi connectivity index (χ0) is 11.2. The summed E-state index contributed by atoms with van der Waals surface area (Å²) in [5, 5.41) is 3.04. The molecule has 0 aliphatic rings. The van der Waals surface area contributed by atoms with E-state index in [1.165, 1.54) is 0 Å². The first-order valence-corrected chi connectivity index (χ1v) is 5.14. The van der Waals surface area contributed by atoms with Crippen LogP contribution in [0.1, 0.15) is 11.5 Å². The average molecular weight is 218 g/mol. The van der Waals surface area contributed by atoms with E-state index in [0.29, 0.717) is 12.5 Å². The molecular weight excluding hydrogens is 204 g/mol. The summed E-state index contributed by atoms with van der Waals surface area (Å²) in [7, 11) is 1.89.